The Labute approximate surface area is 222 Å². The van der Waals surface area contributed by atoms with Crippen LogP contribution in [0.25, 0.3) is 0 Å². The first-order chi connectivity index (χ1) is 17.6. The summed E-state index contributed by atoms with van der Waals surface area (Å²) in [5, 5.41) is -0.259. The molecule has 1 N–H and O–H groups in total. The number of benzene rings is 2. The Kier molecular flexibility index (Phi) is 8.71. The molecule has 2 aromatic carbocycles. The summed E-state index contributed by atoms with van der Waals surface area (Å²) < 4.78 is 57.6. The normalized spacial score (nSPS) is 18.2. The van der Waals surface area contributed by atoms with Gasteiger partial charge in [0, 0.05) is 19.1 Å². The van der Waals surface area contributed by atoms with Gasteiger partial charge in [0.1, 0.15) is 16.5 Å². The largest absolute Gasteiger partial charge is 0.338 e. The van der Waals surface area contributed by atoms with E-state index in [9.17, 15) is 22.0 Å². The molecule has 5 nitrogen and oxygen atoms in total. The molecule has 1 saturated carbocycles. The fourth-order valence-electron chi connectivity index (χ4n) is 5.62. The number of unbranched alkanes of at least 4 members (excludes halogenated alkanes) is 1. The average Bonchev–Trinajstić information content (AvgIpc) is 3.36. The molecule has 0 bridgehead atoms. The maximum atomic E-state index is 14.9. The van der Waals surface area contributed by atoms with E-state index in [0.717, 1.165) is 62.6 Å². The summed E-state index contributed by atoms with van der Waals surface area (Å²) in [7, 11) is -4.01. The van der Waals surface area contributed by atoms with Crippen molar-refractivity contribution in [1.29, 1.82) is 0 Å². The molecular weight excluding hydrogens is 518 g/mol. The molecule has 9 heteroatoms. The van der Waals surface area contributed by atoms with Gasteiger partial charge in [-0.1, -0.05) is 42.7 Å². The number of nitrogens with one attached hydrogen (secondary N) is 1. The molecule has 1 aliphatic carbocycles. The zero-order valence-electron chi connectivity index (χ0n) is 20.8. The van der Waals surface area contributed by atoms with Crippen molar-refractivity contribution in [3.63, 3.8) is 0 Å². The molecule has 1 heterocycles. The molecule has 2 aromatic rings. The summed E-state index contributed by atoms with van der Waals surface area (Å²) in [4.78, 5) is 14.6. The molecule has 2 fully saturated rings. The minimum Gasteiger partial charge on any atom is -0.338 e. The molecular formula is C28H33ClF2N2O3S. The molecule has 0 atom stereocenters. The Morgan fingerprint density at radius 1 is 1.16 bits per heavy atom. The summed E-state index contributed by atoms with van der Waals surface area (Å²) in [6.45, 7) is 4.47. The zero-order valence-corrected chi connectivity index (χ0v) is 22.4. The van der Waals surface area contributed by atoms with E-state index >= 15 is 0 Å². The number of hydrogen-bond donors (Lipinski definition) is 1. The first-order valence-corrected chi connectivity index (χ1v) is 14.7. The van der Waals surface area contributed by atoms with Gasteiger partial charge in [0.2, 0.25) is 10.0 Å². The second-order valence-electron chi connectivity index (χ2n) is 10.1. The quantitative estimate of drug-likeness (QED) is 0.291. The van der Waals surface area contributed by atoms with Crippen molar-refractivity contribution in [3.8, 4) is 0 Å². The molecule has 0 unspecified atom stereocenters. The summed E-state index contributed by atoms with van der Waals surface area (Å²) in [6.07, 6.45) is 8.91. The highest BCUT2D eigenvalue weighted by atomic mass is 35.5. The Morgan fingerprint density at radius 3 is 2.51 bits per heavy atom. The van der Waals surface area contributed by atoms with Crippen LogP contribution in [0.15, 0.2) is 53.9 Å². The van der Waals surface area contributed by atoms with Gasteiger partial charge < -0.3 is 4.90 Å². The number of nitrogens with zero attached hydrogens (tertiary/aromatic N) is 1. The molecule has 0 spiro atoms. The molecule has 1 saturated heterocycles. The van der Waals surface area contributed by atoms with Crippen LogP contribution in [0, 0.1) is 11.6 Å². The van der Waals surface area contributed by atoms with Crippen molar-refractivity contribution in [3.05, 3.63) is 76.8 Å². The van der Waals surface area contributed by atoms with Gasteiger partial charge in [0.15, 0.2) is 0 Å². The van der Waals surface area contributed by atoms with Crippen molar-refractivity contribution in [2.75, 3.05) is 13.1 Å². The van der Waals surface area contributed by atoms with E-state index in [0.29, 0.717) is 25.9 Å². The van der Waals surface area contributed by atoms with Crippen molar-refractivity contribution in [1.82, 2.24) is 9.62 Å². The summed E-state index contributed by atoms with van der Waals surface area (Å²) in [5.74, 6) is -1.74. The number of carbonyl (C=O) groups is 1. The van der Waals surface area contributed by atoms with E-state index < -0.39 is 21.7 Å². The van der Waals surface area contributed by atoms with E-state index in [1.807, 2.05) is 12.1 Å². The smallest absolute Gasteiger partial charge is 0.256 e. The molecule has 0 aromatic heterocycles. The van der Waals surface area contributed by atoms with E-state index in [2.05, 4.69) is 11.3 Å². The van der Waals surface area contributed by atoms with E-state index in [1.165, 1.54) is 11.0 Å². The molecule has 1 aliphatic heterocycles. The number of allylic oxidation sites excluding steroid dienone is 1. The lowest BCUT2D eigenvalue weighted by Crippen LogP contribution is -2.45. The van der Waals surface area contributed by atoms with Crippen molar-refractivity contribution in [2.24, 2.45) is 0 Å². The first kappa shape index (κ1) is 27.7. The van der Waals surface area contributed by atoms with Crippen LogP contribution in [0.5, 0.6) is 0 Å². The van der Waals surface area contributed by atoms with Crippen LogP contribution < -0.4 is 4.72 Å². The number of halogens is 3. The predicted octanol–water partition coefficient (Wildman–Crippen LogP) is 6.37. The molecule has 0 radical (unpaired) electrons. The van der Waals surface area contributed by atoms with Crippen LogP contribution in [-0.4, -0.2) is 38.4 Å². The fraction of sp³-hybridized carbons (Fsp3) is 0.464. The van der Waals surface area contributed by atoms with Crippen LogP contribution in [0.2, 0.25) is 5.02 Å². The van der Waals surface area contributed by atoms with Crippen molar-refractivity contribution < 1.29 is 22.0 Å². The number of carbonyl (C=O) groups excluding carboxylic acids is 1. The summed E-state index contributed by atoms with van der Waals surface area (Å²) in [6, 6.07) is 8.34. The van der Waals surface area contributed by atoms with Crippen LogP contribution in [0.4, 0.5) is 8.78 Å². The van der Waals surface area contributed by atoms with E-state index in [4.69, 9.17) is 11.6 Å². The standard InChI is InChI=1S/C28H33ClF2N2O3S/c1-2-3-6-12-28(20-8-7-9-21(30)17-20)13-15-33(16-14-28)27(34)23-18-26(24(29)19-25(23)31)37(35,36)32-22-10-4-5-11-22/h2,7-9,17-19,22,32H,1,3-6,10-16H2. The first-order valence-electron chi connectivity index (χ1n) is 12.8. The minimum absolute atomic E-state index is 0.190. The third-order valence-electron chi connectivity index (χ3n) is 7.73. The number of rotatable bonds is 9. The van der Waals surface area contributed by atoms with Crippen molar-refractivity contribution in [2.45, 2.75) is 74.1 Å². The molecule has 1 amide bonds. The van der Waals surface area contributed by atoms with Gasteiger partial charge in [-0.3, -0.25) is 4.79 Å². The maximum Gasteiger partial charge on any atom is 0.256 e. The van der Waals surface area contributed by atoms with Crippen LogP contribution in [-0.2, 0) is 15.4 Å². The lowest BCUT2D eigenvalue weighted by Gasteiger charge is -2.42. The fourth-order valence-corrected chi connectivity index (χ4v) is 7.47. The van der Waals surface area contributed by atoms with Gasteiger partial charge in [-0.25, -0.2) is 21.9 Å². The average molecular weight is 551 g/mol. The molecule has 200 valence electrons. The number of piperidine rings is 1. The SMILES string of the molecule is C=CCCCC1(c2cccc(F)c2)CCN(C(=O)c2cc(S(=O)(=O)NC3CCCC3)c(Cl)cc2F)CC1. The Balaban J connectivity index is 1.55. The second kappa shape index (κ2) is 11.6. The second-order valence-corrected chi connectivity index (χ2v) is 12.2. The predicted molar refractivity (Wildman–Crippen MR) is 141 cm³/mol. The zero-order chi connectivity index (χ0) is 26.6. The van der Waals surface area contributed by atoms with Gasteiger partial charge in [-0.15, -0.1) is 6.58 Å². The summed E-state index contributed by atoms with van der Waals surface area (Å²) in [5.41, 5.74) is 0.272. The van der Waals surface area contributed by atoms with E-state index in [-0.39, 0.29) is 32.8 Å². The number of amides is 1. The Hall–Kier alpha value is -2.29. The maximum absolute atomic E-state index is 14.9. The van der Waals surface area contributed by atoms with E-state index in [1.54, 1.807) is 12.1 Å². The third-order valence-corrected chi connectivity index (χ3v) is 9.71. The summed E-state index contributed by atoms with van der Waals surface area (Å²) >= 11 is 6.12. The Morgan fingerprint density at radius 2 is 1.86 bits per heavy atom. The monoisotopic (exact) mass is 550 g/mol. The topological polar surface area (TPSA) is 66.5 Å². The lowest BCUT2D eigenvalue weighted by molar-refractivity contribution is 0.0652. The van der Waals surface area contributed by atoms with Gasteiger partial charge in [0.25, 0.3) is 5.91 Å². The van der Waals surface area contributed by atoms with Gasteiger partial charge in [-0.2, -0.15) is 0 Å². The third kappa shape index (κ3) is 6.24. The highest BCUT2D eigenvalue weighted by Crippen LogP contribution is 2.41. The number of likely N-dealkylation sites (tertiary alicyclic amines) is 1. The van der Waals surface area contributed by atoms with Crippen molar-refractivity contribution >= 4 is 27.5 Å². The lowest BCUT2D eigenvalue weighted by atomic mass is 9.69. The van der Waals surface area contributed by atoms with Crippen LogP contribution >= 0.6 is 11.6 Å². The highest BCUT2D eigenvalue weighted by molar-refractivity contribution is 7.89. The van der Waals surface area contributed by atoms with Crippen LogP contribution in [0.1, 0.15) is 73.7 Å². The van der Waals surface area contributed by atoms with Crippen LogP contribution in [0.3, 0.4) is 0 Å². The molecule has 2 aliphatic rings. The van der Waals surface area contributed by atoms with Gasteiger partial charge in [-0.05, 0) is 80.2 Å². The Bertz CT molecular complexity index is 1250. The minimum atomic E-state index is -4.01. The van der Waals surface area contributed by atoms with Gasteiger partial charge in [0.05, 0.1) is 10.6 Å². The van der Waals surface area contributed by atoms with Gasteiger partial charge >= 0.3 is 0 Å². The number of sulfonamides is 1. The highest BCUT2D eigenvalue weighted by Gasteiger charge is 2.38. The number of hydrogen-bond acceptors (Lipinski definition) is 3. The molecule has 4 rings (SSSR count). The molecule has 37 heavy (non-hydrogen) atoms.